The summed E-state index contributed by atoms with van der Waals surface area (Å²) in [6, 6.07) is 13.7. The van der Waals surface area contributed by atoms with E-state index in [1.807, 2.05) is 48.2 Å². The number of piperidine rings is 1. The number of hydrogen-bond acceptors (Lipinski definition) is 4. The van der Waals surface area contributed by atoms with Gasteiger partial charge in [-0.25, -0.2) is 4.79 Å². The van der Waals surface area contributed by atoms with Crippen LogP contribution < -0.4 is 10.2 Å². The van der Waals surface area contributed by atoms with Crippen molar-refractivity contribution in [2.75, 3.05) is 30.4 Å². The van der Waals surface area contributed by atoms with Gasteiger partial charge in [0.05, 0.1) is 24.5 Å². The normalized spacial score (nSPS) is 16.8. The molecule has 1 saturated heterocycles. The molecule has 2 heterocycles. The number of para-hydroxylation sites is 1. The van der Waals surface area contributed by atoms with E-state index in [4.69, 9.17) is 4.74 Å². The number of benzene rings is 2. The van der Waals surface area contributed by atoms with Gasteiger partial charge in [-0.2, -0.15) is 0 Å². The minimum absolute atomic E-state index is 0. The van der Waals surface area contributed by atoms with Crippen molar-refractivity contribution in [3.05, 3.63) is 53.6 Å². The van der Waals surface area contributed by atoms with Crippen molar-refractivity contribution in [1.29, 1.82) is 0 Å². The molecule has 2 aromatic rings. The van der Waals surface area contributed by atoms with E-state index in [0.29, 0.717) is 5.69 Å². The summed E-state index contributed by atoms with van der Waals surface area (Å²) in [6.45, 7) is 3.93. The van der Waals surface area contributed by atoms with Crippen LogP contribution in [0.3, 0.4) is 0 Å². The van der Waals surface area contributed by atoms with Gasteiger partial charge in [0.25, 0.3) is 0 Å². The van der Waals surface area contributed by atoms with Crippen LogP contribution in [0.1, 0.15) is 37.3 Å². The van der Waals surface area contributed by atoms with Crippen LogP contribution in [0.5, 0.6) is 0 Å². The zero-order valence-corrected chi connectivity index (χ0v) is 18.9. The highest BCUT2D eigenvalue weighted by molar-refractivity contribution is 6.05. The molecular weight excluding hydrogens is 414 g/mol. The first kappa shape index (κ1) is 23.1. The summed E-state index contributed by atoms with van der Waals surface area (Å²) in [5, 5.41) is 2.73. The Labute approximate surface area is 190 Å². The number of carbonyl (C=O) groups is 2. The summed E-state index contributed by atoms with van der Waals surface area (Å²) < 4.78 is 4.73. The third-order valence-corrected chi connectivity index (χ3v) is 6.17. The Kier molecular flexibility index (Phi) is 7.57. The minimum Gasteiger partial charge on any atom is -0.453 e. The predicted octanol–water partition coefficient (Wildman–Crippen LogP) is 4.92. The predicted molar refractivity (Wildman–Crippen MR) is 126 cm³/mol. The first-order chi connectivity index (χ1) is 14.6. The highest BCUT2D eigenvalue weighted by Gasteiger charge is 2.32. The van der Waals surface area contributed by atoms with E-state index in [1.165, 1.54) is 13.5 Å². The van der Waals surface area contributed by atoms with Crippen LogP contribution in [-0.4, -0.2) is 43.1 Å². The second-order valence-corrected chi connectivity index (χ2v) is 8.04. The van der Waals surface area contributed by atoms with Gasteiger partial charge in [-0.1, -0.05) is 30.7 Å². The Bertz CT molecular complexity index is 943. The molecule has 2 aromatic carbocycles. The molecule has 166 valence electrons. The zero-order valence-electron chi connectivity index (χ0n) is 18.1. The van der Waals surface area contributed by atoms with Crippen molar-refractivity contribution in [2.24, 2.45) is 0 Å². The van der Waals surface area contributed by atoms with E-state index >= 15 is 0 Å². The second kappa shape index (κ2) is 10.2. The summed E-state index contributed by atoms with van der Waals surface area (Å²) in [4.78, 5) is 29.7. The maximum absolute atomic E-state index is 13.8. The maximum Gasteiger partial charge on any atom is 0.411 e. The molecule has 0 aliphatic carbocycles. The average Bonchev–Trinajstić information content (AvgIpc) is 2.95. The number of fused-ring (bicyclic) bond motifs is 2. The number of methoxy groups -OCH3 is 1. The second-order valence-electron chi connectivity index (χ2n) is 8.04. The summed E-state index contributed by atoms with van der Waals surface area (Å²) >= 11 is 0. The van der Waals surface area contributed by atoms with Crippen molar-refractivity contribution < 1.29 is 14.3 Å². The number of nitrogens with one attached hydrogen (secondary N) is 1. The topological polar surface area (TPSA) is 61.9 Å². The molecule has 2 aliphatic rings. The third-order valence-electron chi connectivity index (χ3n) is 6.17. The lowest BCUT2D eigenvalue weighted by molar-refractivity contribution is -0.122. The van der Waals surface area contributed by atoms with E-state index in [0.717, 1.165) is 61.3 Å². The maximum atomic E-state index is 13.8. The largest absolute Gasteiger partial charge is 0.453 e. The molecule has 7 heteroatoms. The number of nitrogens with zero attached hydrogens (tertiary/aromatic N) is 2. The number of ether oxygens (including phenoxy) is 1. The van der Waals surface area contributed by atoms with Crippen molar-refractivity contribution in [1.82, 2.24) is 4.90 Å². The monoisotopic (exact) mass is 443 g/mol. The standard InChI is InChI=1S/C24H29N3O3.ClH/c1-17(26-14-6-3-7-15-26)23(28)27-21-9-5-4-8-18(21)10-11-19-12-13-20(16-22(19)27)25-24(29)30-2;/h4-5,8-9,12-13,16-17H,3,6-7,10-11,14-15H2,1-2H3,(H,25,29);1H. The molecule has 0 bridgehead atoms. The lowest BCUT2D eigenvalue weighted by Crippen LogP contribution is -2.47. The summed E-state index contributed by atoms with van der Waals surface area (Å²) in [7, 11) is 1.34. The number of likely N-dealkylation sites (tertiary alicyclic amines) is 1. The first-order valence-corrected chi connectivity index (χ1v) is 10.7. The smallest absolute Gasteiger partial charge is 0.411 e. The van der Waals surface area contributed by atoms with E-state index in [1.54, 1.807) is 0 Å². The molecule has 0 radical (unpaired) electrons. The van der Waals surface area contributed by atoms with Gasteiger partial charge in [0, 0.05) is 5.69 Å². The van der Waals surface area contributed by atoms with Crippen LogP contribution in [0.4, 0.5) is 21.9 Å². The highest BCUT2D eigenvalue weighted by Crippen LogP contribution is 2.38. The van der Waals surface area contributed by atoms with Crippen molar-refractivity contribution >= 4 is 41.5 Å². The Morgan fingerprint density at radius 1 is 0.968 bits per heavy atom. The fraction of sp³-hybridized carbons (Fsp3) is 0.417. The summed E-state index contributed by atoms with van der Waals surface area (Å²) in [6.07, 6.45) is 4.69. The Balaban J connectivity index is 0.00000272. The highest BCUT2D eigenvalue weighted by atomic mass is 35.5. The quantitative estimate of drug-likeness (QED) is 0.731. The van der Waals surface area contributed by atoms with Crippen LogP contribution >= 0.6 is 12.4 Å². The average molecular weight is 444 g/mol. The minimum atomic E-state index is -0.525. The van der Waals surface area contributed by atoms with Gasteiger partial charge in [-0.05, 0) is 75.0 Å². The van der Waals surface area contributed by atoms with Crippen LogP contribution in [-0.2, 0) is 22.4 Å². The molecule has 0 aromatic heterocycles. The molecule has 6 nitrogen and oxygen atoms in total. The molecule has 31 heavy (non-hydrogen) atoms. The van der Waals surface area contributed by atoms with Crippen LogP contribution in [0.2, 0.25) is 0 Å². The van der Waals surface area contributed by atoms with Crippen molar-refractivity contribution in [3.63, 3.8) is 0 Å². The Hall–Kier alpha value is -2.57. The van der Waals surface area contributed by atoms with Crippen LogP contribution in [0.25, 0.3) is 0 Å². The molecule has 2 aliphatic heterocycles. The van der Waals surface area contributed by atoms with Crippen molar-refractivity contribution in [3.8, 4) is 0 Å². The molecule has 1 unspecified atom stereocenters. The number of anilines is 3. The van der Waals surface area contributed by atoms with E-state index < -0.39 is 6.09 Å². The number of halogens is 1. The van der Waals surface area contributed by atoms with E-state index in [9.17, 15) is 9.59 Å². The lowest BCUT2D eigenvalue weighted by atomic mass is 10.0. The summed E-state index contributed by atoms with van der Waals surface area (Å²) in [5.41, 5.74) is 4.64. The molecule has 1 fully saturated rings. The van der Waals surface area contributed by atoms with Gasteiger partial charge in [-0.15, -0.1) is 12.4 Å². The third kappa shape index (κ3) is 4.86. The number of carbonyl (C=O) groups excluding carboxylic acids is 2. The van der Waals surface area contributed by atoms with Gasteiger partial charge >= 0.3 is 6.09 Å². The molecule has 2 amide bonds. The lowest BCUT2D eigenvalue weighted by Gasteiger charge is -2.35. The molecule has 0 saturated carbocycles. The number of rotatable bonds is 3. The molecule has 1 atom stereocenters. The van der Waals surface area contributed by atoms with Crippen LogP contribution in [0, 0.1) is 0 Å². The zero-order chi connectivity index (χ0) is 21.1. The summed E-state index contributed by atoms with van der Waals surface area (Å²) in [5.74, 6) is 0.0720. The SMILES string of the molecule is COC(=O)Nc1ccc2c(c1)N(C(=O)C(C)N1CCCCC1)c1ccccc1CC2.Cl. The molecule has 1 N–H and O–H groups in total. The fourth-order valence-electron chi connectivity index (χ4n) is 4.46. The molecular formula is C24H30ClN3O3. The van der Waals surface area contributed by atoms with Gasteiger partial charge in [0.15, 0.2) is 0 Å². The molecule has 4 rings (SSSR count). The first-order valence-electron chi connectivity index (χ1n) is 10.7. The number of hydrogen-bond donors (Lipinski definition) is 1. The van der Waals surface area contributed by atoms with Gasteiger partial charge in [0.2, 0.25) is 5.91 Å². The van der Waals surface area contributed by atoms with E-state index in [2.05, 4.69) is 16.3 Å². The fourth-order valence-corrected chi connectivity index (χ4v) is 4.46. The number of amides is 2. The van der Waals surface area contributed by atoms with E-state index in [-0.39, 0.29) is 24.4 Å². The number of aryl methyl sites for hydroxylation is 2. The van der Waals surface area contributed by atoms with Crippen molar-refractivity contribution in [2.45, 2.75) is 45.1 Å². The Morgan fingerprint density at radius 3 is 2.35 bits per heavy atom. The Morgan fingerprint density at radius 2 is 1.65 bits per heavy atom. The van der Waals surface area contributed by atoms with Crippen LogP contribution in [0.15, 0.2) is 42.5 Å². The van der Waals surface area contributed by atoms with Gasteiger partial charge < -0.3 is 4.74 Å². The van der Waals surface area contributed by atoms with Gasteiger partial charge in [0.1, 0.15) is 0 Å². The molecule has 0 spiro atoms. The van der Waals surface area contributed by atoms with Gasteiger partial charge in [-0.3, -0.25) is 19.9 Å².